The Morgan fingerprint density at radius 1 is 1.47 bits per heavy atom. The lowest BCUT2D eigenvalue weighted by Gasteiger charge is -2.06. The van der Waals surface area contributed by atoms with Gasteiger partial charge in [-0.15, -0.1) is 11.3 Å². The van der Waals surface area contributed by atoms with Gasteiger partial charge in [0.15, 0.2) is 0 Å². The van der Waals surface area contributed by atoms with E-state index < -0.39 is 5.91 Å². The molecule has 1 aromatic heterocycles. The summed E-state index contributed by atoms with van der Waals surface area (Å²) in [6.45, 7) is 3.29. The van der Waals surface area contributed by atoms with Gasteiger partial charge in [0.2, 0.25) is 5.91 Å². The fourth-order valence-corrected chi connectivity index (χ4v) is 2.52. The maximum atomic E-state index is 11.0. The van der Waals surface area contributed by atoms with Gasteiger partial charge in [0, 0.05) is 29.1 Å². The van der Waals surface area contributed by atoms with Crippen LogP contribution in [0.3, 0.4) is 0 Å². The summed E-state index contributed by atoms with van der Waals surface area (Å²) in [4.78, 5) is 15.4. The highest BCUT2D eigenvalue weighted by molar-refractivity contribution is 7.09. The van der Waals surface area contributed by atoms with Crippen molar-refractivity contribution >= 4 is 28.8 Å². The Hall–Kier alpha value is -1.43. The van der Waals surface area contributed by atoms with Crippen LogP contribution in [0.2, 0.25) is 5.02 Å². The Bertz CT molecular complexity index is 597. The van der Waals surface area contributed by atoms with Crippen LogP contribution in [0.25, 0.3) is 0 Å². The van der Waals surface area contributed by atoms with Gasteiger partial charge in [-0.3, -0.25) is 4.79 Å². The van der Waals surface area contributed by atoms with E-state index in [-0.39, 0.29) is 0 Å². The number of benzene rings is 1. The smallest absolute Gasteiger partial charge is 0.248 e. The van der Waals surface area contributed by atoms with Gasteiger partial charge in [0.25, 0.3) is 0 Å². The molecule has 0 unspecified atom stereocenters. The molecule has 19 heavy (non-hydrogen) atoms. The van der Waals surface area contributed by atoms with Crippen molar-refractivity contribution in [2.45, 2.75) is 20.0 Å². The van der Waals surface area contributed by atoms with Crippen molar-refractivity contribution in [1.29, 1.82) is 0 Å². The van der Waals surface area contributed by atoms with E-state index in [1.807, 2.05) is 18.4 Å². The Labute approximate surface area is 120 Å². The molecule has 4 nitrogen and oxygen atoms in total. The van der Waals surface area contributed by atoms with Crippen molar-refractivity contribution in [3.63, 3.8) is 0 Å². The number of aromatic nitrogens is 1. The molecule has 0 aliphatic carbocycles. The number of carbonyl (C=O) groups is 1. The van der Waals surface area contributed by atoms with Gasteiger partial charge in [-0.25, -0.2) is 4.98 Å². The van der Waals surface area contributed by atoms with Gasteiger partial charge < -0.3 is 11.1 Å². The highest BCUT2D eigenvalue weighted by atomic mass is 35.5. The van der Waals surface area contributed by atoms with Crippen molar-refractivity contribution in [1.82, 2.24) is 10.3 Å². The number of hydrogen-bond acceptors (Lipinski definition) is 4. The summed E-state index contributed by atoms with van der Waals surface area (Å²) in [5.41, 5.74) is 7.56. The molecule has 1 heterocycles. The normalized spacial score (nSPS) is 10.6. The minimum absolute atomic E-state index is 0.420. The number of primary amides is 1. The average molecular weight is 296 g/mol. The molecule has 3 N–H and O–H groups in total. The van der Waals surface area contributed by atoms with Gasteiger partial charge in [0.1, 0.15) is 0 Å². The van der Waals surface area contributed by atoms with Crippen molar-refractivity contribution < 1.29 is 4.79 Å². The number of nitrogens with zero attached hydrogens (tertiary/aromatic N) is 1. The Balaban J connectivity index is 1.94. The van der Waals surface area contributed by atoms with Crippen molar-refractivity contribution in [3.05, 3.63) is 50.4 Å². The molecule has 0 atom stereocenters. The van der Waals surface area contributed by atoms with Crippen molar-refractivity contribution in [2.75, 3.05) is 0 Å². The molecule has 2 aromatic rings. The van der Waals surface area contributed by atoms with E-state index in [9.17, 15) is 4.79 Å². The first kappa shape index (κ1) is 14.0. The van der Waals surface area contributed by atoms with Crippen LogP contribution in [0.5, 0.6) is 0 Å². The number of aryl methyl sites for hydroxylation is 1. The molecule has 1 amide bonds. The molecular formula is C13H14ClN3OS. The molecule has 2 rings (SSSR count). The minimum atomic E-state index is -0.473. The molecule has 0 saturated heterocycles. The summed E-state index contributed by atoms with van der Waals surface area (Å²) in [6.07, 6.45) is 0. The predicted octanol–water partition coefficient (Wildman–Crippen LogP) is 2.49. The van der Waals surface area contributed by atoms with Gasteiger partial charge in [-0.05, 0) is 24.6 Å². The third-order valence-electron chi connectivity index (χ3n) is 2.63. The monoisotopic (exact) mass is 295 g/mol. The number of hydrogen-bond donors (Lipinski definition) is 2. The van der Waals surface area contributed by atoms with Crippen LogP contribution in [-0.2, 0) is 13.1 Å². The molecule has 0 fully saturated rings. The summed E-state index contributed by atoms with van der Waals surface area (Å²) in [5.74, 6) is -0.473. The van der Waals surface area contributed by atoms with E-state index in [0.717, 1.165) is 16.3 Å². The number of rotatable bonds is 5. The maximum absolute atomic E-state index is 11.0. The van der Waals surface area contributed by atoms with Crippen LogP contribution >= 0.6 is 22.9 Å². The summed E-state index contributed by atoms with van der Waals surface area (Å²) >= 11 is 7.73. The average Bonchev–Trinajstić information content (AvgIpc) is 2.77. The zero-order valence-corrected chi connectivity index (χ0v) is 12.0. The third kappa shape index (κ3) is 3.76. The zero-order chi connectivity index (χ0) is 13.8. The Morgan fingerprint density at radius 3 is 2.84 bits per heavy atom. The van der Waals surface area contributed by atoms with Crippen LogP contribution in [0.15, 0.2) is 23.6 Å². The second-order valence-electron chi connectivity index (χ2n) is 4.13. The van der Waals surface area contributed by atoms with Crippen LogP contribution in [-0.4, -0.2) is 10.9 Å². The van der Waals surface area contributed by atoms with E-state index in [0.29, 0.717) is 23.7 Å². The molecule has 0 aliphatic rings. The predicted molar refractivity (Wildman–Crippen MR) is 77.4 cm³/mol. The van der Waals surface area contributed by atoms with E-state index in [1.165, 1.54) is 0 Å². The van der Waals surface area contributed by atoms with Crippen molar-refractivity contribution in [2.24, 2.45) is 5.73 Å². The number of carbonyl (C=O) groups excluding carboxylic acids is 1. The molecule has 0 bridgehead atoms. The van der Waals surface area contributed by atoms with Gasteiger partial charge >= 0.3 is 0 Å². The lowest BCUT2D eigenvalue weighted by atomic mass is 10.1. The highest BCUT2D eigenvalue weighted by Gasteiger charge is 2.05. The zero-order valence-electron chi connectivity index (χ0n) is 10.4. The molecule has 6 heteroatoms. The Kier molecular flexibility index (Phi) is 4.52. The quantitative estimate of drug-likeness (QED) is 0.890. The number of nitrogens with one attached hydrogen (secondary N) is 1. The lowest BCUT2D eigenvalue weighted by molar-refractivity contribution is 0.100. The first-order chi connectivity index (χ1) is 9.06. The second-order valence-corrected chi connectivity index (χ2v) is 5.60. The number of thiazole rings is 1. The fourth-order valence-electron chi connectivity index (χ4n) is 1.66. The lowest BCUT2D eigenvalue weighted by Crippen LogP contribution is -2.14. The minimum Gasteiger partial charge on any atom is -0.366 e. The molecular weight excluding hydrogens is 282 g/mol. The highest BCUT2D eigenvalue weighted by Crippen LogP contribution is 2.18. The van der Waals surface area contributed by atoms with Crippen LogP contribution in [0, 0.1) is 6.92 Å². The third-order valence-corrected chi connectivity index (χ3v) is 3.80. The molecule has 0 aliphatic heterocycles. The van der Waals surface area contributed by atoms with E-state index in [1.54, 1.807) is 23.5 Å². The summed E-state index contributed by atoms with van der Waals surface area (Å²) in [7, 11) is 0. The molecule has 0 saturated carbocycles. The first-order valence-electron chi connectivity index (χ1n) is 5.76. The van der Waals surface area contributed by atoms with Crippen LogP contribution < -0.4 is 11.1 Å². The van der Waals surface area contributed by atoms with Gasteiger partial charge in [0.05, 0.1) is 10.7 Å². The van der Waals surface area contributed by atoms with Crippen LogP contribution in [0.1, 0.15) is 26.6 Å². The van der Waals surface area contributed by atoms with Crippen molar-refractivity contribution in [3.8, 4) is 0 Å². The molecule has 1 aromatic carbocycles. The second kappa shape index (κ2) is 6.14. The van der Waals surface area contributed by atoms with Gasteiger partial charge in [-0.2, -0.15) is 0 Å². The summed E-state index contributed by atoms with van der Waals surface area (Å²) < 4.78 is 0. The van der Waals surface area contributed by atoms with E-state index in [2.05, 4.69) is 10.3 Å². The van der Waals surface area contributed by atoms with E-state index in [4.69, 9.17) is 17.3 Å². The van der Waals surface area contributed by atoms with Crippen LogP contribution in [0.4, 0.5) is 0 Å². The van der Waals surface area contributed by atoms with Gasteiger partial charge in [-0.1, -0.05) is 17.7 Å². The Morgan fingerprint density at radius 2 is 2.26 bits per heavy atom. The topological polar surface area (TPSA) is 68.0 Å². The number of amides is 1. The maximum Gasteiger partial charge on any atom is 0.248 e. The first-order valence-corrected chi connectivity index (χ1v) is 7.02. The number of nitrogens with two attached hydrogens (primary N) is 1. The number of halogens is 1. The van der Waals surface area contributed by atoms with E-state index >= 15 is 0 Å². The summed E-state index contributed by atoms with van der Waals surface area (Å²) in [5, 5.41) is 6.89. The SMILES string of the molecule is Cc1nc(CNCc2ccc(C(N)=O)cc2Cl)cs1. The standard InChI is InChI=1S/C13H14ClN3OS/c1-8-17-11(7-19-8)6-16-5-10-3-2-9(13(15)18)4-12(10)14/h2-4,7,16H,5-6H2,1H3,(H2,15,18). The fraction of sp³-hybridized carbons (Fsp3) is 0.231. The molecule has 100 valence electrons. The summed E-state index contributed by atoms with van der Waals surface area (Å²) in [6, 6.07) is 5.08. The molecule has 0 spiro atoms. The molecule has 0 radical (unpaired) electrons. The largest absolute Gasteiger partial charge is 0.366 e.